The van der Waals surface area contributed by atoms with Crippen LogP contribution in [0.4, 0.5) is 21.5 Å². The van der Waals surface area contributed by atoms with Gasteiger partial charge in [0.2, 0.25) is 0 Å². The molecule has 3 aromatic carbocycles. The van der Waals surface area contributed by atoms with Crippen LogP contribution >= 0.6 is 0 Å². The molecule has 0 fully saturated rings. The number of aromatic nitrogens is 3. The van der Waals surface area contributed by atoms with Gasteiger partial charge in [0.25, 0.3) is 28.6 Å². The molecular formula is C30H25FN8O6. The van der Waals surface area contributed by atoms with Gasteiger partial charge >= 0.3 is 0 Å². The van der Waals surface area contributed by atoms with Crippen molar-refractivity contribution < 1.29 is 23.5 Å². The molecule has 6 rings (SSSR count). The Kier molecular flexibility index (Phi) is 7.64. The molecule has 3 amide bonds. The molecule has 228 valence electrons. The highest BCUT2D eigenvalue weighted by Crippen LogP contribution is 2.28. The fraction of sp³-hybridized carbons (Fsp3) is 0.167. The van der Waals surface area contributed by atoms with E-state index in [4.69, 9.17) is 4.74 Å². The zero-order valence-electron chi connectivity index (χ0n) is 23.7. The van der Waals surface area contributed by atoms with Crippen LogP contribution in [0, 0.1) is 5.82 Å². The molecular weight excluding hydrogens is 587 g/mol. The Morgan fingerprint density at radius 1 is 0.933 bits per heavy atom. The molecule has 0 bridgehead atoms. The van der Waals surface area contributed by atoms with Crippen LogP contribution in [0.5, 0.6) is 5.75 Å². The molecule has 1 aliphatic rings. The molecule has 0 radical (unpaired) electrons. The lowest BCUT2D eigenvalue weighted by Crippen LogP contribution is -2.36. The number of ether oxygens (including phenoxy) is 1. The number of carbonyl (C=O) groups excluding carboxylic acids is 3. The maximum Gasteiger partial charge on any atom is 0.272 e. The van der Waals surface area contributed by atoms with E-state index in [-0.39, 0.29) is 71.4 Å². The molecule has 3 heterocycles. The molecule has 14 nitrogen and oxygen atoms in total. The third-order valence-corrected chi connectivity index (χ3v) is 7.23. The second kappa shape index (κ2) is 11.9. The van der Waals surface area contributed by atoms with Gasteiger partial charge < -0.3 is 36.3 Å². The lowest BCUT2D eigenvalue weighted by atomic mass is 10.1. The van der Waals surface area contributed by atoms with Crippen molar-refractivity contribution in [2.45, 2.75) is 19.6 Å². The van der Waals surface area contributed by atoms with E-state index >= 15 is 0 Å². The van der Waals surface area contributed by atoms with Crippen molar-refractivity contribution in [3.05, 3.63) is 103 Å². The lowest BCUT2D eigenvalue weighted by molar-refractivity contribution is -0.118. The van der Waals surface area contributed by atoms with Gasteiger partial charge in [-0.25, -0.2) is 14.4 Å². The van der Waals surface area contributed by atoms with Crippen molar-refractivity contribution in [3.8, 4) is 5.75 Å². The standard InChI is InChI=1S/C30H25FN8O6/c1-32-24-25(28(42)27(24)41)33-10-16-6-14(2-4-18(16)31)8-35-29(43)17-11-34-23-22(17)37-13-38-26(23)30(44)36-9-15-3-5-20-19(7-15)39-21(40)12-45-20/h2-7,11,13,32-34H,8-10,12H2,1H3,(H,35,43)(H,36,44)(H,39,40). The molecule has 0 aliphatic carbocycles. The number of amides is 3. The molecule has 15 heteroatoms. The molecule has 0 spiro atoms. The van der Waals surface area contributed by atoms with Crippen molar-refractivity contribution in [2.24, 2.45) is 0 Å². The lowest BCUT2D eigenvalue weighted by Gasteiger charge is -2.18. The van der Waals surface area contributed by atoms with Gasteiger partial charge in [-0.05, 0) is 35.4 Å². The highest BCUT2D eigenvalue weighted by molar-refractivity contribution is 6.10. The average molecular weight is 613 g/mol. The summed E-state index contributed by atoms with van der Waals surface area (Å²) in [6.07, 6.45) is 2.60. The van der Waals surface area contributed by atoms with Gasteiger partial charge in [0.1, 0.15) is 34.8 Å². The second-order valence-corrected chi connectivity index (χ2v) is 10.1. The van der Waals surface area contributed by atoms with E-state index in [9.17, 15) is 28.4 Å². The van der Waals surface area contributed by atoms with E-state index in [1.807, 2.05) is 0 Å². The maximum atomic E-state index is 14.4. The summed E-state index contributed by atoms with van der Waals surface area (Å²) in [6, 6.07) is 9.47. The first-order valence-electron chi connectivity index (χ1n) is 13.7. The average Bonchev–Trinajstić information content (AvgIpc) is 3.49. The number of halogens is 1. The summed E-state index contributed by atoms with van der Waals surface area (Å²) in [4.78, 5) is 72.2. The monoisotopic (exact) mass is 612 g/mol. The van der Waals surface area contributed by atoms with Crippen molar-refractivity contribution in [2.75, 3.05) is 29.6 Å². The minimum atomic E-state index is -0.674. The van der Waals surface area contributed by atoms with Crippen LogP contribution < -0.4 is 42.2 Å². The largest absolute Gasteiger partial charge is 0.482 e. The minimum Gasteiger partial charge on any atom is -0.482 e. The molecule has 0 saturated carbocycles. The number of aromatic amines is 1. The van der Waals surface area contributed by atoms with E-state index in [1.54, 1.807) is 18.2 Å². The number of H-pyrrole nitrogens is 1. The van der Waals surface area contributed by atoms with Crippen LogP contribution in [-0.4, -0.2) is 46.3 Å². The highest BCUT2D eigenvalue weighted by Gasteiger charge is 2.22. The Labute approximate surface area is 253 Å². The number of benzene rings is 2. The van der Waals surface area contributed by atoms with Crippen molar-refractivity contribution in [3.63, 3.8) is 0 Å². The molecule has 45 heavy (non-hydrogen) atoms. The molecule has 0 unspecified atom stereocenters. The summed E-state index contributed by atoms with van der Waals surface area (Å²) in [5, 5.41) is 13.7. The van der Waals surface area contributed by atoms with Crippen LogP contribution in [0.15, 0.2) is 58.5 Å². The zero-order chi connectivity index (χ0) is 31.7. The first kappa shape index (κ1) is 29.0. The summed E-state index contributed by atoms with van der Waals surface area (Å²) in [5.74, 6) is -1.24. The van der Waals surface area contributed by atoms with Gasteiger partial charge in [-0.15, -0.1) is 0 Å². The van der Waals surface area contributed by atoms with E-state index in [2.05, 4.69) is 41.5 Å². The van der Waals surface area contributed by atoms with Gasteiger partial charge in [0, 0.05) is 38.4 Å². The smallest absolute Gasteiger partial charge is 0.272 e. The Bertz CT molecular complexity index is 2070. The number of anilines is 3. The van der Waals surface area contributed by atoms with Crippen molar-refractivity contribution in [1.82, 2.24) is 25.6 Å². The minimum absolute atomic E-state index is 0.0347. The number of fused-ring (bicyclic) bond motifs is 2. The van der Waals surface area contributed by atoms with E-state index in [0.717, 1.165) is 5.56 Å². The fourth-order valence-electron chi connectivity index (χ4n) is 4.92. The third-order valence-electron chi connectivity index (χ3n) is 7.23. The first-order chi connectivity index (χ1) is 21.7. The first-order valence-corrected chi connectivity index (χ1v) is 13.7. The number of rotatable bonds is 10. The summed E-state index contributed by atoms with van der Waals surface area (Å²) >= 11 is 0. The number of nitrogens with zero attached hydrogens (tertiary/aromatic N) is 2. The van der Waals surface area contributed by atoms with Crippen LogP contribution in [0.3, 0.4) is 0 Å². The van der Waals surface area contributed by atoms with Gasteiger partial charge in [0.15, 0.2) is 12.3 Å². The van der Waals surface area contributed by atoms with Crippen molar-refractivity contribution >= 4 is 45.8 Å². The Hall–Kier alpha value is -6.12. The SMILES string of the molecule is CNc1c(NCc2cc(CNC(=O)c3c[nH]c4c(C(=O)NCc5ccc6c(c5)NC(=O)CO6)ncnc34)ccc2F)c(=O)c1=O. The number of carbonyl (C=O) groups is 3. The quantitative estimate of drug-likeness (QED) is 0.126. The Morgan fingerprint density at radius 3 is 2.47 bits per heavy atom. The van der Waals surface area contributed by atoms with Gasteiger partial charge in [-0.1, -0.05) is 12.1 Å². The highest BCUT2D eigenvalue weighted by atomic mass is 19.1. The van der Waals surface area contributed by atoms with Crippen molar-refractivity contribution in [1.29, 1.82) is 0 Å². The Morgan fingerprint density at radius 2 is 1.67 bits per heavy atom. The van der Waals surface area contributed by atoms with Crippen LogP contribution in [0.1, 0.15) is 37.5 Å². The van der Waals surface area contributed by atoms with E-state index in [1.165, 1.54) is 37.8 Å². The van der Waals surface area contributed by atoms with Crippen LogP contribution in [0.25, 0.3) is 11.0 Å². The van der Waals surface area contributed by atoms with Crippen LogP contribution in [-0.2, 0) is 24.4 Å². The molecule has 0 saturated heterocycles. The summed E-state index contributed by atoms with van der Waals surface area (Å²) in [6.45, 7) is 0.0824. The maximum absolute atomic E-state index is 14.4. The number of hydrogen-bond donors (Lipinski definition) is 6. The predicted octanol–water partition coefficient (Wildman–Crippen LogP) is 1.54. The third kappa shape index (κ3) is 5.65. The molecule has 5 aromatic rings. The molecule has 0 atom stereocenters. The fourth-order valence-corrected chi connectivity index (χ4v) is 4.92. The normalized spacial score (nSPS) is 12.3. The molecule has 2 aromatic heterocycles. The zero-order valence-corrected chi connectivity index (χ0v) is 23.7. The van der Waals surface area contributed by atoms with Gasteiger partial charge in [-0.2, -0.15) is 0 Å². The predicted molar refractivity (Wildman–Crippen MR) is 161 cm³/mol. The summed E-state index contributed by atoms with van der Waals surface area (Å²) in [5.41, 5.74) is 1.70. The van der Waals surface area contributed by atoms with E-state index in [0.29, 0.717) is 17.0 Å². The number of hydrogen-bond acceptors (Lipinski definition) is 10. The number of nitrogens with one attached hydrogen (secondary N) is 6. The summed E-state index contributed by atoms with van der Waals surface area (Å²) < 4.78 is 19.8. The van der Waals surface area contributed by atoms with Crippen LogP contribution in [0.2, 0.25) is 0 Å². The Balaban J connectivity index is 1.10. The van der Waals surface area contributed by atoms with Gasteiger partial charge in [0.05, 0.1) is 16.8 Å². The molecule has 6 N–H and O–H groups in total. The summed E-state index contributed by atoms with van der Waals surface area (Å²) in [7, 11) is 1.51. The van der Waals surface area contributed by atoms with E-state index < -0.39 is 28.5 Å². The topological polar surface area (TPSA) is 196 Å². The second-order valence-electron chi connectivity index (χ2n) is 10.1. The molecule has 1 aliphatic heterocycles. The van der Waals surface area contributed by atoms with Gasteiger partial charge in [-0.3, -0.25) is 24.0 Å².